The van der Waals surface area contributed by atoms with Gasteiger partial charge in [0, 0.05) is 48.8 Å². The van der Waals surface area contributed by atoms with Crippen LogP contribution in [0, 0.1) is 0 Å². The van der Waals surface area contributed by atoms with Crippen molar-refractivity contribution in [1.29, 1.82) is 0 Å². The highest BCUT2D eigenvalue weighted by Gasteiger charge is 2.39. The molecule has 2 aromatic carbocycles. The van der Waals surface area contributed by atoms with E-state index in [-0.39, 0.29) is 23.6 Å². The van der Waals surface area contributed by atoms with Crippen LogP contribution in [0.15, 0.2) is 59.1 Å². The topological polar surface area (TPSA) is 143 Å². The molecule has 4 aliphatic heterocycles. The molecule has 2 unspecified atom stereocenters. The monoisotopic (exact) mass is 641 g/mol. The van der Waals surface area contributed by atoms with Crippen molar-refractivity contribution in [3.05, 3.63) is 54.7 Å². The van der Waals surface area contributed by atoms with Crippen LogP contribution < -0.4 is 10.6 Å². The Morgan fingerprint density at radius 3 is 1.60 bits per heavy atom. The number of hydrogen-bond donors (Lipinski definition) is 2. The van der Waals surface area contributed by atoms with Crippen LogP contribution in [0.4, 0.5) is 11.4 Å². The fourth-order valence-corrected chi connectivity index (χ4v) is 6.93. The fraction of sp³-hybridized carbons (Fsp3) is 0.457. The summed E-state index contributed by atoms with van der Waals surface area (Å²) in [5.41, 5.74) is 2.79. The first-order valence-electron chi connectivity index (χ1n) is 16.6. The summed E-state index contributed by atoms with van der Waals surface area (Å²) in [5, 5.41) is 5.90. The van der Waals surface area contributed by atoms with Gasteiger partial charge in [-0.25, -0.2) is 4.98 Å². The number of anilines is 2. The van der Waals surface area contributed by atoms with E-state index in [0.717, 1.165) is 36.8 Å². The quantitative estimate of drug-likeness (QED) is 0.372. The third-order valence-electron chi connectivity index (χ3n) is 9.43. The van der Waals surface area contributed by atoms with Gasteiger partial charge in [0.2, 0.25) is 17.7 Å². The van der Waals surface area contributed by atoms with Crippen molar-refractivity contribution in [2.24, 2.45) is 0 Å². The van der Waals surface area contributed by atoms with E-state index in [0.29, 0.717) is 75.0 Å². The van der Waals surface area contributed by atoms with Crippen LogP contribution in [-0.2, 0) is 28.7 Å². The number of nitrogens with one attached hydrogen (secondary N) is 2. The van der Waals surface area contributed by atoms with E-state index in [1.54, 1.807) is 40.3 Å². The van der Waals surface area contributed by atoms with Crippen LogP contribution in [-0.4, -0.2) is 89.0 Å². The van der Waals surface area contributed by atoms with Crippen LogP contribution in [0.3, 0.4) is 0 Å². The Labute approximate surface area is 272 Å². The number of nitrogens with zero attached hydrogens (tertiary/aromatic N) is 3. The molecular weight excluding hydrogens is 602 g/mol. The normalized spacial score (nSPS) is 24.1. The van der Waals surface area contributed by atoms with Gasteiger partial charge in [-0.05, 0) is 99.9 Å². The van der Waals surface area contributed by atoms with E-state index in [4.69, 9.17) is 13.9 Å². The molecule has 0 bridgehead atoms. The molecule has 4 saturated heterocycles. The molecular formula is C35H39N5O7. The summed E-state index contributed by atoms with van der Waals surface area (Å²) in [7, 11) is 0. The van der Waals surface area contributed by atoms with Crippen molar-refractivity contribution >= 4 is 35.0 Å². The molecule has 12 nitrogen and oxygen atoms in total. The van der Waals surface area contributed by atoms with Crippen molar-refractivity contribution in [3.63, 3.8) is 0 Å². The van der Waals surface area contributed by atoms with Crippen molar-refractivity contribution in [2.45, 2.75) is 75.7 Å². The van der Waals surface area contributed by atoms with E-state index in [2.05, 4.69) is 15.6 Å². The molecule has 0 aliphatic carbocycles. The average Bonchev–Trinajstić information content (AvgIpc) is 3.93. The van der Waals surface area contributed by atoms with Gasteiger partial charge >= 0.3 is 0 Å². The Morgan fingerprint density at radius 2 is 1.13 bits per heavy atom. The van der Waals surface area contributed by atoms with E-state index in [1.807, 2.05) is 24.3 Å². The molecule has 0 spiro atoms. The highest BCUT2D eigenvalue weighted by molar-refractivity contribution is 5.99. The number of likely N-dealkylation sites (tertiary alicyclic amines) is 2. The molecule has 0 radical (unpaired) electrons. The Kier molecular flexibility index (Phi) is 9.03. The van der Waals surface area contributed by atoms with E-state index >= 15 is 0 Å². The van der Waals surface area contributed by atoms with Crippen molar-refractivity contribution < 1.29 is 33.1 Å². The first-order valence-corrected chi connectivity index (χ1v) is 16.6. The lowest BCUT2D eigenvalue weighted by Gasteiger charge is -2.26. The number of ether oxygens (including phenoxy) is 2. The number of carbonyl (C=O) groups excluding carboxylic acids is 4. The number of benzene rings is 2. The summed E-state index contributed by atoms with van der Waals surface area (Å²) in [5.74, 6) is 0.416. The lowest BCUT2D eigenvalue weighted by Crippen LogP contribution is -2.47. The molecule has 0 saturated carbocycles. The van der Waals surface area contributed by atoms with Gasteiger partial charge in [0.25, 0.3) is 11.8 Å². The average molecular weight is 642 g/mol. The summed E-state index contributed by atoms with van der Waals surface area (Å²) in [6, 6.07) is 13.5. The third kappa shape index (κ3) is 6.66. The lowest BCUT2D eigenvalue weighted by molar-refractivity contribution is -0.144. The minimum absolute atomic E-state index is 0.0881. The molecule has 1 aromatic heterocycles. The molecule has 7 rings (SSSR count). The van der Waals surface area contributed by atoms with E-state index in [1.165, 1.54) is 0 Å². The third-order valence-corrected chi connectivity index (χ3v) is 9.43. The highest BCUT2D eigenvalue weighted by Crippen LogP contribution is 2.30. The first kappa shape index (κ1) is 31.1. The minimum Gasteiger partial charge on any atom is -0.436 e. The van der Waals surface area contributed by atoms with Crippen LogP contribution in [0.25, 0.3) is 22.8 Å². The Morgan fingerprint density at radius 1 is 0.638 bits per heavy atom. The molecule has 47 heavy (non-hydrogen) atoms. The van der Waals surface area contributed by atoms with Crippen LogP contribution >= 0.6 is 0 Å². The zero-order valence-electron chi connectivity index (χ0n) is 26.2. The van der Waals surface area contributed by atoms with Crippen molar-refractivity contribution in [2.75, 3.05) is 36.9 Å². The number of carbonyl (C=O) groups is 4. The highest BCUT2D eigenvalue weighted by atomic mass is 16.5. The smallest absolute Gasteiger partial charge is 0.252 e. The van der Waals surface area contributed by atoms with Gasteiger partial charge in [0.1, 0.15) is 24.3 Å². The maximum absolute atomic E-state index is 13.1. The predicted molar refractivity (Wildman–Crippen MR) is 172 cm³/mol. The Hall–Kier alpha value is -4.55. The van der Waals surface area contributed by atoms with E-state index in [9.17, 15) is 19.2 Å². The van der Waals surface area contributed by atoms with E-state index < -0.39 is 24.3 Å². The summed E-state index contributed by atoms with van der Waals surface area (Å²) < 4.78 is 17.1. The van der Waals surface area contributed by atoms with Crippen LogP contribution in [0.5, 0.6) is 0 Å². The van der Waals surface area contributed by atoms with Crippen molar-refractivity contribution in [1.82, 2.24) is 14.8 Å². The van der Waals surface area contributed by atoms with Crippen molar-refractivity contribution in [3.8, 4) is 22.8 Å². The fourth-order valence-electron chi connectivity index (χ4n) is 6.93. The number of oxazole rings is 1. The number of hydrogen-bond acceptors (Lipinski definition) is 8. The summed E-state index contributed by atoms with van der Waals surface area (Å²) >= 11 is 0. The summed E-state index contributed by atoms with van der Waals surface area (Å²) in [4.78, 5) is 59.7. The Bertz CT molecular complexity index is 1490. The van der Waals surface area contributed by atoms with Crippen LogP contribution in [0.2, 0.25) is 0 Å². The SMILES string of the molecule is O=C(Nc1ccc(-c2cnc(-c3ccc(NC(=O)C4CCCN4C(=O)[C@H]4CCCO4)cc3)o2)cc1)C1CCCN1C(=O)[C@H]1CCCO1. The molecule has 2 N–H and O–H groups in total. The largest absolute Gasteiger partial charge is 0.436 e. The zero-order chi connectivity index (χ0) is 32.3. The second-order valence-corrected chi connectivity index (χ2v) is 12.5. The molecule has 5 heterocycles. The summed E-state index contributed by atoms with van der Waals surface area (Å²) in [6.45, 7) is 2.32. The maximum atomic E-state index is 13.1. The Balaban J connectivity index is 0.940. The van der Waals surface area contributed by atoms with Gasteiger partial charge < -0.3 is 34.3 Å². The molecule has 4 fully saturated rings. The molecule has 3 aromatic rings. The summed E-state index contributed by atoms with van der Waals surface area (Å²) in [6.07, 6.45) is 6.77. The maximum Gasteiger partial charge on any atom is 0.252 e. The second kappa shape index (κ2) is 13.7. The standard InChI is InChI=1S/C35H39N5O7/c41-31(26-5-1-17-39(26)34(43)28-7-3-19-45-28)37-24-13-9-22(10-14-24)30-21-36-33(47-30)23-11-15-25(16-12-23)38-32(42)27-6-2-18-40(27)35(44)29-8-4-20-46-29/h9-16,21,26-29H,1-8,17-20H2,(H,37,41)(H,38,42)/t26?,27?,28-,29-/m1/s1. The first-order chi connectivity index (χ1) is 22.9. The van der Waals surface area contributed by atoms with Gasteiger partial charge in [-0.1, -0.05) is 0 Å². The minimum atomic E-state index is -0.501. The lowest BCUT2D eigenvalue weighted by atomic mass is 10.1. The molecule has 4 aliphatic rings. The number of aromatic nitrogens is 1. The van der Waals surface area contributed by atoms with Crippen LogP contribution in [0.1, 0.15) is 51.4 Å². The van der Waals surface area contributed by atoms with Gasteiger partial charge in [-0.2, -0.15) is 0 Å². The molecule has 246 valence electrons. The zero-order valence-corrected chi connectivity index (χ0v) is 26.2. The molecule has 12 heteroatoms. The van der Waals surface area contributed by atoms with Gasteiger partial charge in [-0.3, -0.25) is 19.2 Å². The second-order valence-electron chi connectivity index (χ2n) is 12.5. The van der Waals surface area contributed by atoms with Gasteiger partial charge in [0.05, 0.1) is 6.20 Å². The van der Waals surface area contributed by atoms with Gasteiger partial charge in [-0.15, -0.1) is 0 Å². The van der Waals surface area contributed by atoms with Gasteiger partial charge in [0.15, 0.2) is 5.76 Å². The molecule has 4 atom stereocenters. The number of rotatable bonds is 8. The number of amides is 4. The molecule has 4 amide bonds. The predicted octanol–water partition coefficient (Wildman–Crippen LogP) is 4.23.